The maximum absolute atomic E-state index is 13.6. The predicted octanol–water partition coefficient (Wildman–Crippen LogP) is 3.31. The lowest BCUT2D eigenvalue weighted by Gasteiger charge is -2.24. The van der Waals surface area contributed by atoms with E-state index < -0.39 is 30.4 Å². The van der Waals surface area contributed by atoms with Gasteiger partial charge in [-0.05, 0) is 18.2 Å². The van der Waals surface area contributed by atoms with Gasteiger partial charge in [0, 0.05) is 11.1 Å². The van der Waals surface area contributed by atoms with Gasteiger partial charge in [0.05, 0.1) is 10.7 Å². The zero-order valence-electron chi connectivity index (χ0n) is 12.0. The molecule has 0 bridgehead atoms. The second kappa shape index (κ2) is 5.99. The van der Waals surface area contributed by atoms with Gasteiger partial charge in [-0.2, -0.15) is 0 Å². The third kappa shape index (κ3) is 2.59. The second-order valence-corrected chi connectivity index (χ2v) is 5.58. The summed E-state index contributed by atoms with van der Waals surface area (Å²) in [6.07, 6.45) is -2.72. The monoisotopic (exact) mass is 357 g/mol. The quantitative estimate of drug-likeness (QED) is 0.882. The normalized spacial score (nSPS) is 19.3. The maximum Gasteiger partial charge on any atom is 0.272 e. The van der Waals surface area contributed by atoms with Gasteiger partial charge in [-0.3, -0.25) is 4.79 Å². The summed E-state index contributed by atoms with van der Waals surface area (Å²) < 4.78 is 43.4. The van der Waals surface area contributed by atoms with Crippen molar-refractivity contribution >= 4 is 23.2 Å². The Labute approximate surface area is 139 Å². The van der Waals surface area contributed by atoms with E-state index >= 15 is 0 Å². The highest BCUT2D eigenvalue weighted by Gasteiger charge is 2.49. The van der Waals surface area contributed by atoms with Gasteiger partial charge in [0.25, 0.3) is 12.3 Å². The number of ether oxygens (including phenoxy) is 1. The van der Waals surface area contributed by atoms with E-state index in [1.54, 1.807) is 0 Å². The highest BCUT2D eigenvalue weighted by Crippen LogP contribution is 2.45. The first-order valence-corrected chi connectivity index (χ1v) is 7.25. The van der Waals surface area contributed by atoms with Gasteiger partial charge in [0.15, 0.2) is 5.60 Å². The Hall–Kier alpha value is -2.25. The number of nitrogens with one attached hydrogen (secondary N) is 1. The second-order valence-electron chi connectivity index (χ2n) is 5.17. The number of aliphatic hydroxyl groups is 1. The molecule has 0 saturated heterocycles. The lowest BCUT2D eigenvalue weighted by atomic mass is 9.87. The summed E-state index contributed by atoms with van der Waals surface area (Å²) in [7, 11) is 0. The third-order valence-electron chi connectivity index (χ3n) is 3.67. The van der Waals surface area contributed by atoms with Crippen molar-refractivity contribution in [2.24, 2.45) is 0 Å². The van der Waals surface area contributed by atoms with Crippen molar-refractivity contribution in [2.45, 2.75) is 12.0 Å². The number of hydrogen-bond acceptors (Lipinski definition) is 3. The van der Waals surface area contributed by atoms with E-state index in [0.717, 1.165) is 12.1 Å². The lowest BCUT2D eigenvalue weighted by molar-refractivity contribution is -0.129. The van der Waals surface area contributed by atoms with Crippen LogP contribution in [-0.4, -0.2) is 24.0 Å². The molecular weight excluding hydrogens is 347 g/mol. The van der Waals surface area contributed by atoms with E-state index in [2.05, 4.69) is 5.32 Å². The molecule has 0 radical (unpaired) electrons. The van der Waals surface area contributed by atoms with Crippen LogP contribution in [0.15, 0.2) is 36.4 Å². The van der Waals surface area contributed by atoms with Crippen LogP contribution in [0.5, 0.6) is 5.75 Å². The molecule has 1 heterocycles. The molecular formula is C16H11ClF3NO3. The van der Waals surface area contributed by atoms with Gasteiger partial charge in [-0.25, -0.2) is 13.2 Å². The number of amides is 1. The maximum atomic E-state index is 13.6. The topological polar surface area (TPSA) is 58.6 Å². The van der Waals surface area contributed by atoms with Crippen LogP contribution in [0.25, 0.3) is 0 Å². The Balaban J connectivity index is 2.13. The van der Waals surface area contributed by atoms with Crippen LogP contribution >= 0.6 is 11.6 Å². The van der Waals surface area contributed by atoms with Crippen molar-refractivity contribution in [2.75, 3.05) is 11.9 Å². The van der Waals surface area contributed by atoms with Crippen molar-refractivity contribution in [3.05, 3.63) is 58.4 Å². The fourth-order valence-corrected chi connectivity index (χ4v) is 2.76. The Morgan fingerprint density at radius 2 is 1.96 bits per heavy atom. The van der Waals surface area contributed by atoms with Crippen molar-refractivity contribution in [3.63, 3.8) is 0 Å². The molecule has 0 fully saturated rings. The highest BCUT2D eigenvalue weighted by atomic mass is 35.5. The number of fused-ring (bicyclic) bond motifs is 1. The molecule has 2 aromatic rings. The van der Waals surface area contributed by atoms with Gasteiger partial charge in [0.2, 0.25) is 0 Å². The van der Waals surface area contributed by atoms with E-state index in [4.69, 9.17) is 16.3 Å². The highest BCUT2D eigenvalue weighted by molar-refractivity contribution is 6.31. The minimum atomic E-state index is -2.72. The largest absolute Gasteiger partial charge is 0.487 e. The average Bonchev–Trinajstić information content (AvgIpc) is 2.78. The molecule has 0 saturated carbocycles. The summed E-state index contributed by atoms with van der Waals surface area (Å²) in [5.41, 5.74) is -2.20. The molecule has 2 aromatic carbocycles. The van der Waals surface area contributed by atoms with Crippen LogP contribution in [0.4, 0.5) is 18.9 Å². The fourth-order valence-electron chi connectivity index (χ4n) is 2.60. The SMILES string of the molecule is O=C1Nc2cc(F)c(Cl)cc2C1(O)c1ccccc1OCC(F)F. The number of benzene rings is 2. The zero-order valence-corrected chi connectivity index (χ0v) is 12.8. The molecule has 0 aromatic heterocycles. The Kier molecular flexibility index (Phi) is 4.15. The Morgan fingerprint density at radius 1 is 1.25 bits per heavy atom. The van der Waals surface area contributed by atoms with Crippen molar-refractivity contribution in [3.8, 4) is 5.75 Å². The van der Waals surface area contributed by atoms with Crippen LogP contribution in [0, 0.1) is 5.82 Å². The number of halogens is 4. The van der Waals surface area contributed by atoms with Gasteiger partial charge in [-0.15, -0.1) is 0 Å². The number of carbonyl (C=O) groups excluding carboxylic acids is 1. The number of hydrogen-bond donors (Lipinski definition) is 2. The number of rotatable bonds is 4. The summed E-state index contributed by atoms with van der Waals surface area (Å²) in [6, 6.07) is 7.85. The van der Waals surface area contributed by atoms with E-state index in [9.17, 15) is 23.1 Å². The zero-order chi connectivity index (χ0) is 17.5. The molecule has 0 spiro atoms. The molecule has 2 N–H and O–H groups in total. The van der Waals surface area contributed by atoms with Gasteiger partial charge in [0.1, 0.15) is 18.2 Å². The lowest BCUT2D eigenvalue weighted by Crippen LogP contribution is -2.36. The summed E-state index contributed by atoms with van der Waals surface area (Å²) in [5.74, 6) is -1.70. The molecule has 1 aliphatic rings. The first-order valence-electron chi connectivity index (χ1n) is 6.88. The minimum absolute atomic E-state index is 0.0204. The first kappa shape index (κ1) is 16.6. The minimum Gasteiger partial charge on any atom is -0.487 e. The van der Waals surface area contributed by atoms with Crippen LogP contribution in [-0.2, 0) is 10.4 Å². The Morgan fingerprint density at radius 3 is 2.67 bits per heavy atom. The van der Waals surface area contributed by atoms with E-state index in [1.165, 1.54) is 24.3 Å². The molecule has 8 heteroatoms. The molecule has 1 atom stereocenters. The van der Waals surface area contributed by atoms with Crippen LogP contribution in [0.2, 0.25) is 5.02 Å². The molecule has 0 aliphatic carbocycles. The molecule has 4 nitrogen and oxygen atoms in total. The van der Waals surface area contributed by atoms with E-state index in [0.29, 0.717) is 0 Å². The molecule has 1 unspecified atom stereocenters. The summed E-state index contributed by atoms with van der Waals surface area (Å²) in [5, 5.41) is 13.1. The van der Waals surface area contributed by atoms with Crippen molar-refractivity contribution in [1.29, 1.82) is 0 Å². The average molecular weight is 358 g/mol. The predicted molar refractivity (Wildman–Crippen MR) is 81.0 cm³/mol. The fraction of sp³-hybridized carbons (Fsp3) is 0.188. The molecule has 24 heavy (non-hydrogen) atoms. The molecule has 1 amide bonds. The van der Waals surface area contributed by atoms with Crippen molar-refractivity contribution in [1.82, 2.24) is 0 Å². The number of alkyl halides is 2. The summed E-state index contributed by atoms with van der Waals surface area (Å²) in [6.45, 7) is -0.897. The van der Waals surface area contributed by atoms with E-state index in [-0.39, 0.29) is 27.6 Å². The third-order valence-corrected chi connectivity index (χ3v) is 3.96. The van der Waals surface area contributed by atoms with Crippen LogP contribution in [0.1, 0.15) is 11.1 Å². The standard InChI is InChI=1S/C16H11ClF3NO3/c17-10-5-9-12(6-11(10)18)21-15(22)16(9,23)8-3-1-2-4-13(8)24-7-14(19)20/h1-6,14,23H,7H2,(H,21,22). The molecule has 3 rings (SSSR count). The number of para-hydroxylation sites is 1. The first-order chi connectivity index (χ1) is 11.3. The van der Waals surface area contributed by atoms with Gasteiger partial charge in [-0.1, -0.05) is 29.8 Å². The number of carbonyl (C=O) groups is 1. The molecule has 1 aliphatic heterocycles. The Bertz CT molecular complexity index is 815. The number of anilines is 1. The smallest absolute Gasteiger partial charge is 0.272 e. The molecule has 126 valence electrons. The van der Waals surface area contributed by atoms with Gasteiger partial charge < -0.3 is 15.2 Å². The van der Waals surface area contributed by atoms with Crippen molar-refractivity contribution < 1.29 is 27.8 Å². The summed E-state index contributed by atoms with van der Waals surface area (Å²) in [4.78, 5) is 12.3. The van der Waals surface area contributed by atoms with Gasteiger partial charge >= 0.3 is 0 Å². The van der Waals surface area contributed by atoms with E-state index in [1.807, 2.05) is 0 Å². The van der Waals surface area contributed by atoms with Crippen LogP contribution < -0.4 is 10.1 Å². The van der Waals surface area contributed by atoms with Crippen LogP contribution in [0.3, 0.4) is 0 Å². The summed E-state index contributed by atoms with van der Waals surface area (Å²) >= 11 is 5.74.